The number of rotatable bonds is 4. The lowest BCUT2D eigenvalue weighted by Gasteiger charge is -2.20. The predicted molar refractivity (Wildman–Crippen MR) is 89.3 cm³/mol. The fourth-order valence-electron chi connectivity index (χ4n) is 2.96. The second-order valence-corrected chi connectivity index (χ2v) is 5.66. The summed E-state index contributed by atoms with van der Waals surface area (Å²) in [6.07, 6.45) is 0.937. The van der Waals surface area contributed by atoms with Gasteiger partial charge in [0.1, 0.15) is 0 Å². The van der Waals surface area contributed by atoms with Gasteiger partial charge in [0.25, 0.3) is 0 Å². The smallest absolute Gasteiger partial charge is 0.199 e. The Balaban J connectivity index is 1.99. The van der Waals surface area contributed by atoms with Gasteiger partial charge >= 0.3 is 0 Å². The van der Waals surface area contributed by atoms with Crippen LogP contribution in [0.2, 0.25) is 0 Å². The topological polar surface area (TPSA) is 85.0 Å². The third-order valence-corrected chi connectivity index (χ3v) is 4.22. The minimum atomic E-state index is 0.00151. The molecule has 24 heavy (non-hydrogen) atoms. The molecule has 0 aliphatic carbocycles. The van der Waals surface area contributed by atoms with Gasteiger partial charge in [-0.05, 0) is 35.4 Å². The molecule has 0 saturated heterocycles. The average Bonchev–Trinajstić information content (AvgIpc) is 2.57. The molecular weight excluding hydrogens is 310 g/mol. The van der Waals surface area contributed by atoms with Crippen molar-refractivity contribution in [2.45, 2.75) is 12.8 Å². The maximum Gasteiger partial charge on any atom is 0.199 e. The van der Waals surface area contributed by atoms with Gasteiger partial charge in [-0.1, -0.05) is 6.07 Å². The van der Waals surface area contributed by atoms with E-state index < -0.39 is 0 Å². The highest BCUT2D eigenvalue weighted by molar-refractivity contribution is 6.00. The highest BCUT2D eigenvalue weighted by Crippen LogP contribution is 2.33. The summed E-state index contributed by atoms with van der Waals surface area (Å²) in [5.74, 6) is 0.812. The van der Waals surface area contributed by atoms with Crippen LogP contribution in [0.5, 0.6) is 23.0 Å². The molecule has 2 N–H and O–H groups in total. The van der Waals surface area contributed by atoms with E-state index in [0.29, 0.717) is 42.2 Å². The van der Waals surface area contributed by atoms with Crippen LogP contribution in [0.3, 0.4) is 0 Å². The van der Waals surface area contributed by atoms with Crippen LogP contribution in [-0.2, 0) is 12.8 Å². The highest BCUT2D eigenvalue weighted by Gasteiger charge is 2.25. The maximum atomic E-state index is 12.3. The van der Waals surface area contributed by atoms with Crippen molar-refractivity contribution < 1.29 is 24.4 Å². The molecule has 0 aromatic heterocycles. The summed E-state index contributed by atoms with van der Waals surface area (Å²) in [6, 6.07) is 8.38. The quantitative estimate of drug-likeness (QED) is 0.663. The van der Waals surface area contributed by atoms with E-state index in [0.717, 1.165) is 15.9 Å². The molecule has 2 aromatic rings. The highest BCUT2D eigenvalue weighted by atomic mass is 16.5. The summed E-state index contributed by atoms with van der Waals surface area (Å²) in [4.78, 5) is 0. The number of nitrogens with zero attached hydrogens (tertiary/aromatic N) is 1. The number of hydrogen-bond acceptors (Lipinski definition) is 5. The first kappa shape index (κ1) is 16.0. The summed E-state index contributed by atoms with van der Waals surface area (Å²) in [5, 5.41) is 32.3. The molecule has 1 aliphatic rings. The van der Waals surface area contributed by atoms with E-state index in [9.17, 15) is 15.4 Å². The molecule has 126 valence electrons. The van der Waals surface area contributed by atoms with Crippen molar-refractivity contribution in [3.63, 3.8) is 0 Å². The molecule has 2 aromatic carbocycles. The van der Waals surface area contributed by atoms with E-state index >= 15 is 0 Å². The third kappa shape index (κ3) is 2.82. The molecule has 0 unspecified atom stereocenters. The monoisotopic (exact) mass is 329 g/mol. The molecule has 1 aliphatic heterocycles. The van der Waals surface area contributed by atoms with Crippen LogP contribution in [0, 0.1) is 5.21 Å². The number of benzene rings is 2. The lowest BCUT2D eigenvalue weighted by molar-refractivity contribution is -0.459. The number of fused-ring (bicyclic) bond motifs is 1. The number of methoxy groups -OCH3 is 2. The van der Waals surface area contributed by atoms with Crippen LogP contribution in [0.25, 0.3) is 0 Å². The Labute approximate surface area is 139 Å². The average molecular weight is 329 g/mol. The largest absolute Gasteiger partial charge is 0.624 e. The van der Waals surface area contributed by atoms with E-state index in [1.165, 1.54) is 14.2 Å². The summed E-state index contributed by atoms with van der Waals surface area (Å²) in [5.41, 5.74) is 3.01. The van der Waals surface area contributed by atoms with Gasteiger partial charge in [0.2, 0.25) is 0 Å². The van der Waals surface area contributed by atoms with Crippen molar-refractivity contribution >= 4 is 5.71 Å². The second kappa shape index (κ2) is 6.31. The Bertz CT molecular complexity index is 813. The van der Waals surface area contributed by atoms with E-state index in [4.69, 9.17) is 9.47 Å². The van der Waals surface area contributed by atoms with E-state index in [-0.39, 0.29) is 11.5 Å². The van der Waals surface area contributed by atoms with Gasteiger partial charge in [-0.3, -0.25) is 0 Å². The van der Waals surface area contributed by atoms with Gasteiger partial charge in [-0.2, -0.15) is 0 Å². The Kier molecular flexibility index (Phi) is 4.20. The van der Waals surface area contributed by atoms with Crippen molar-refractivity contribution in [2.75, 3.05) is 20.8 Å². The molecule has 0 atom stereocenters. The zero-order valence-electron chi connectivity index (χ0n) is 13.6. The number of phenols is 2. The van der Waals surface area contributed by atoms with Crippen LogP contribution in [0.15, 0.2) is 30.3 Å². The summed E-state index contributed by atoms with van der Waals surface area (Å²) in [6.45, 7) is 0.346. The van der Waals surface area contributed by atoms with Crippen LogP contribution in [0.4, 0.5) is 0 Å². The normalized spacial score (nSPS) is 13.6. The Hall–Kier alpha value is -2.89. The first-order valence-electron chi connectivity index (χ1n) is 7.60. The molecule has 3 rings (SSSR count). The molecule has 0 radical (unpaired) electrons. The molecule has 0 saturated carbocycles. The fraction of sp³-hybridized carbons (Fsp3) is 0.278. The third-order valence-electron chi connectivity index (χ3n) is 4.22. The van der Waals surface area contributed by atoms with Gasteiger partial charge in [0, 0.05) is 6.42 Å². The van der Waals surface area contributed by atoms with Gasteiger partial charge < -0.3 is 24.9 Å². The SMILES string of the molecule is COc1ccc(CC2=[N+]([O-])CCc3cc(OC)c(O)cc32)cc1O. The number of ether oxygens (including phenoxy) is 2. The number of phenolic OH excluding ortho intramolecular Hbond substituents is 2. The molecule has 0 fully saturated rings. The molecule has 0 spiro atoms. The standard InChI is InChI=1S/C18H19NO5/c1-23-17-4-3-11(8-15(17)20)7-14-13-10-16(21)18(24-2)9-12(13)5-6-19(14)22/h3-4,8-10,20-21H,5-7H2,1-2H3. The lowest BCUT2D eigenvalue weighted by atomic mass is 9.93. The lowest BCUT2D eigenvalue weighted by Crippen LogP contribution is -2.27. The van der Waals surface area contributed by atoms with E-state index in [1.807, 2.05) is 0 Å². The molecule has 0 amide bonds. The van der Waals surface area contributed by atoms with E-state index in [2.05, 4.69) is 0 Å². The van der Waals surface area contributed by atoms with Crippen molar-refractivity contribution in [3.05, 3.63) is 52.2 Å². The minimum Gasteiger partial charge on any atom is -0.624 e. The second-order valence-electron chi connectivity index (χ2n) is 5.66. The number of hydroxylamine groups is 1. The maximum absolute atomic E-state index is 12.3. The summed E-state index contributed by atoms with van der Waals surface area (Å²) >= 11 is 0. The molecular formula is C18H19NO5. The zero-order chi connectivity index (χ0) is 17.3. The Morgan fingerprint density at radius 1 is 1.04 bits per heavy atom. The molecule has 6 heteroatoms. The predicted octanol–water partition coefficient (Wildman–Crippen LogP) is 2.21. The Morgan fingerprint density at radius 2 is 1.75 bits per heavy atom. The van der Waals surface area contributed by atoms with Crippen molar-refractivity contribution in [1.29, 1.82) is 0 Å². The number of aromatic hydroxyl groups is 2. The van der Waals surface area contributed by atoms with Crippen LogP contribution < -0.4 is 9.47 Å². The number of hydrogen-bond donors (Lipinski definition) is 2. The van der Waals surface area contributed by atoms with Gasteiger partial charge in [0.05, 0.1) is 26.2 Å². The van der Waals surface area contributed by atoms with Gasteiger partial charge in [0.15, 0.2) is 35.3 Å². The first-order chi connectivity index (χ1) is 11.5. The minimum absolute atomic E-state index is 0.00151. The van der Waals surface area contributed by atoms with Crippen LogP contribution in [-0.4, -0.2) is 41.4 Å². The van der Waals surface area contributed by atoms with Crippen LogP contribution in [0.1, 0.15) is 16.7 Å². The van der Waals surface area contributed by atoms with Gasteiger partial charge in [-0.25, -0.2) is 4.74 Å². The van der Waals surface area contributed by atoms with Crippen molar-refractivity contribution in [3.8, 4) is 23.0 Å². The summed E-state index contributed by atoms with van der Waals surface area (Å²) < 4.78 is 11.1. The van der Waals surface area contributed by atoms with Gasteiger partial charge in [-0.15, -0.1) is 0 Å². The first-order valence-corrected chi connectivity index (χ1v) is 7.60. The molecule has 1 heterocycles. The molecule has 6 nitrogen and oxygen atoms in total. The fourth-order valence-corrected chi connectivity index (χ4v) is 2.96. The van der Waals surface area contributed by atoms with Crippen molar-refractivity contribution in [2.24, 2.45) is 0 Å². The Morgan fingerprint density at radius 3 is 2.42 bits per heavy atom. The van der Waals surface area contributed by atoms with Crippen molar-refractivity contribution in [1.82, 2.24) is 0 Å². The zero-order valence-corrected chi connectivity index (χ0v) is 13.6. The van der Waals surface area contributed by atoms with Crippen LogP contribution >= 0.6 is 0 Å². The van der Waals surface area contributed by atoms with E-state index in [1.54, 1.807) is 30.3 Å². The molecule has 0 bridgehead atoms. The summed E-state index contributed by atoms with van der Waals surface area (Å²) in [7, 11) is 2.98.